The van der Waals surface area contributed by atoms with E-state index < -0.39 is 0 Å². The minimum Gasteiger partial charge on any atom is -0.508 e. The second kappa shape index (κ2) is 9.38. The number of hydrogen-bond donors (Lipinski definition) is 2. The third-order valence-electron chi connectivity index (χ3n) is 6.14. The number of aromatic amines is 1. The molecule has 0 unspecified atom stereocenters. The number of fused-ring (bicyclic) bond motifs is 1. The molecule has 1 aromatic heterocycles. The van der Waals surface area contributed by atoms with Crippen molar-refractivity contribution in [1.29, 1.82) is 0 Å². The minimum absolute atomic E-state index is 0.0630. The first-order valence-electron chi connectivity index (χ1n) is 11.6. The van der Waals surface area contributed by atoms with Crippen molar-refractivity contribution in [3.05, 3.63) is 89.5 Å². The van der Waals surface area contributed by atoms with E-state index >= 15 is 0 Å². The lowest BCUT2D eigenvalue weighted by Crippen LogP contribution is -2.26. The first-order chi connectivity index (χ1) is 15.4. The van der Waals surface area contributed by atoms with Crippen LogP contribution < -0.4 is 0 Å². The van der Waals surface area contributed by atoms with Crippen LogP contribution in [0.5, 0.6) is 5.75 Å². The van der Waals surface area contributed by atoms with Crippen LogP contribution in [0, 0.1) is 5.41 Å². The molecular weight excluding hydrogens is 406 g/mol. The van der Waals surface area contributed by atoms with Crippen LogP contribution in [-0.4, -0.2) is 20.5 Å². The van der Waals surface area contributed by atoms with Crippen molar-refractivity contribution >= 4 is 11.0 Å². The van der Waals surface area contributed by atoms with E-state index in [-0.39, 0.29) is 16.2 Å². The highest BCUT2D eigenvalue weighted by molar-refractivity contribution is 5.72. The second-order valence-electron chi connectivity index (χ2n) is 11.2. The second-order valence-corrected chi connectivity index (χ2v) is 11.2. The zero-order chi connectivity index (χ0) is 24.3. The summed E-state index contributed by atoms with van der Waals surface area (Å²) in [5, 5.41) is 20.8. The molecule has 0 radical (unpaired) electrons. The molecule has 33 heavy (non-hydrogen) atoms. The third kappa shape index (κ3) is 6.01. The van der Waals surface area contributed by atoms with Gasteiger partial charge in [-0.3, -0.25) is 0 Å². The average Bonchev–Trinajstić information content (AvgIpc) is 3.22. The summed E-state index contributed by atoms with van der Waals surface area (Å²) < 4.78 is 0. The van der Waals surface area contributed by atoms with Crippen LogP contribution in [0.4, 0.5) is 0 Å². The van der Waals surface area contributed by atoms with Gasteiger partial charge in [0.25, 0.3) is 0 Å². The van der Waals surface area contributed by atoms with Crippen LogP contribution in [0.15, 0.2) is 72.8 Å². The Morgan fingerprint density at radius 3 is 1.79 bits per heavy atom. The molecule has 2 N–H and O–H groups in total. The Hall–Kier alpha value is -3.14. The molecule has 0 aliphatic rings. The Bertz CT molecular complexity index is 1150. The molecule has 4 heteroatoms. The molecule has 0 aliphatic heterocycles. The highest BCUT2D eigenvalue weighted by atomic mass is 16.3. The number of aromatic hydroxyl groups is 1. The number of nitrogens with zero attached hydrogens (tertiary/aromatic N) is 2. The van der Waals surface area contributed by atoms with Crippen molar-refractivity contribution < 1.29 is 5.11 Å². The SMILES string of the molecule is CC(C)(C)CC(C)(C)c1ccc(O)c(C(C)(C)c2ccccc2)c1.c1ccc2n[nH]nc2c1. The van der Waals surface area contributed by atoms with Crippen molar-refractivity contribution in [2.75, 3.05) is 0 Å². The maximum Gasteiger partial charge on any atom is 0.119 e. The van der Waals surface area contributed by atoms with Gasteiger partial charge in [0.2, 0.25) is 0 Å². The molecule has 3 aromatic carbocycles. The Balaban J connectivity index is 0.000000280. The lowest BCUT2D eigenvalue weighted by molar-refractivity contribution is 0.283. The molecular formula is C29H37N3O. The van der Waals surface area contributed by atoms with Crippen LogP contribution in [0.2, 0.25) is 0 Å². The van der Waals surface area contributed by atoms with E-state index in [0.29, 0.717) is 5.75 Å². The van der Waals surface area contributed by atoms with Crippen LogP contribution in [0.25, 0.3) is 11.0 Å². The van der Waals surface area contributed by atoms with Gasteiger partial charge in [0.15, 0.2) is 0 Å². The predicted octanol–water partition coefficient (Wildman–Crippen LogP) is 7.39. The predicted molar refractivity (Wildman–Crippen MR) is 138 cm³/mol. The molecule has 4 aromatic rings. The van der Waals surface area contributed by atoms with E-state index in [4.69, 9.17) is 0 Å². The number of benzene rings is 3. The molecule has 0 atom stereocenters. The van der Waals surface area contributed by atoms with Gasteiger partial charge in [-0.25, -0.2) is 0 Å². The topological polar surface area (TPSA) is 61.8 Å². The van der Waals surface area contributed by atoms with Crippen molar-refractivity contribution in [2.24, 2.45) is 5.41 Å². The molecule has 0 aliphatic carbocycles. The van der Waals surface area contributed by atoms with Crippen molar-refractivity contribution in [1.82, 2.24) is 15.4 Å². The normalized spacial score (nSPS) is 12.3. The van der Waals surface area contributed by atoms with Gasteiger partial charge in [-0.2, -0.15) is 15.4 Å². The monoisotopic (exact) mass is 443 g/mol. The van der Waals surface area contributed by atoms with Gasteiger partial charge in [-0.15, -0.1) is 0 Å². The quantitative estimate of drug-likeness (QED) is 0.346. The van der Waals surface area contributed by atoms with Crippen LogP contribution >= 0.6 is 0 Å². The summed E-state index contributed by atoms with van der Waals surface area (Å²) >= 11 is 0. The number of hydrogen-bond acceptors (Lipinski definition) is 3. The molecule has 0 saturated heterocycles. The largest absolute Gasteiger partial charge is 0.508 e. The summed E-state index contributed by atoms with van der Waals surface area (Å²) in [6, 6.07) is 24.2. The Kier molecular flexibility index (Phi) is 6.97. The first kappa shape index (κ1) is 24.5. The summed E-state index contributed by atoms with van der Waals surface area (Å²) in [4.78, 5) is 0. The summed E-state index contributed by atoms with van der Waals surface area (Å²) in [5.74, 6) is 0.374. The standard InChI is InChI=1S/C23H32O.C6H5N3/c1-21(2,3)16-22(4,5)18-13-14-20(24)19(15-18)23(6,7)17-11-9-8-10-12-17;1-2-4-6-5(3-1)7-9-8-6/h8-15,24H,16H2,1-7H3;1-4H,(H,7,8,9). The zero-order valence-corrected chi connectivity index (χ0v) is 21.0. The van der Waals surface area contributed by atoms with E-state index in [1.54, 1.807) is 0 Å². The van der Waals surface area contributed by atoms with E-state index in [9.17, 15) is 5.11 Å². The van der Waals surface area contributed by atoms with E-state index in [1.807, 2.05) is 36.4 Å². The van der Waals surface area contributed by atoms with Gasteiger partial charge in [0.1, 0.15) is 16.8 Å². The fourth-order valence-electron chi connectivity index (χ4n) is 4.68. The molecule has 0 saturated carbocycles. The third-order valence-corrected chi connectivity index (χ3v) is 6.14. The molecule has 0 amide bonds. The first-order valence-corrected chi connectivity index (χ1v) is 11.6. The van der Waals surface area contributed by atoms with Crippen LogP contribution in [-0.2, 0) is 10.8 Å². The summed E-state index contributed by atoms with van der Waals surface area (Å²) in [7, 11) is 0. The zero-order valence-electron chi connectivity index (χ0n) is 21.0. The summed E-state index contributed by atoms with van der Waals surface area (Å²) in [5.41, 5.74) is 5.41. The number of aromatic nitrogens is 3. The molecule has 0 spiro atoms. The molecule has 0 fully saturated rings. The van der Waals surface area contributed by atoms with E-state index in [0.717, 1.165) is 23.0 Å². The van der Waals surface area contributed by atoms with Crippen molar-refractivity contribution in [3.63, 3.8) is 0 Å². The number of rotatable bonds is 4. The molecule has 1 heterocycles. The van der Waals surface area contributed by atoms with Crippen molar-refractivity contribution in [3.8, 4) is 5.75 Å². The molecule has 174 valence electrons. The number of para-hydroxylation sites is 2. The van der Waals surface area contributed by atoms with Crippen LogP contribution in [0.1, 0.15) is 71.6 Å². The fraction of sp³-hybridized carbons (Fsp3) is 0.379. The van der Waals surface area contributed by atoms with Crippen molar-refractivity contribution in [2.45, 2.75) is 65.7 Å². The summed E-state index contributed by atoms with van der Waals surface area (Å²) in [6.07, 6.45) is 1.09. The number of H-pyrrole nitrogens is 1. The Labute approximate surface area is 198 Å². The highest BCUT2D eigenvalue weighted by Crippen LogP contribution is 2.42. The Morgan fingerprint density at radius 2 is 1.24 bits per heavy atom. The maximum absolute atomic E-state index is 10.5. The van der Waals surface area contributed by atoms with E-state index in [1.165, 1.54) is 11.1 Å². The van der Waals surface area contributed by atoms with Gasteiger partial charge in [-0.05, 0) is 46.6 Å². The van der Waals surface area contributed by atoms with Gasteiger partial charge in [0, 0.05) is 11.0 Å². The lowest BCUT2D eigenvalue weighted by atomic mass is 9.70. The van der Waals surface area contributed by atoms with E-state index in [2.05, 4.69) is 100 Å². The minimum atomic E-state index is -0.237. The number of phenols is 1. The van der Waals surface area contributed by atoms with Gasteiger partial charge in [-0.1, -0.05) is 103 Å². The average molecular weight is 444 g/mol. The Morgan fingerprint density at radius 1 is 0.697 bits per heavy atom. The fourth-order valence-corrected chi connectivity index (χ4v) is 4.68. The lowest BCUT2D eigenvalue weighted by Gasteiger charge is -2.35. The van der Waals surface area contributed by atoms with Gasteiger partial charge >= 0.3 is 0 Å². The van der Waals surface area contributed by atoms with Crippen LogP contribution in [0.3, 0.4) is 0 Å². The maximum atomic E-state index is 10.5. The van der Waals surface area contributed by atoms with Gasteiger partial charge < -0.3 is 5.11 Å². The molecule has 4 rings (SSSR count). The number of phenolic OH excluding ortho intramolecular Hbond substituents is 1. The molecule has 0 bridgehead atoms. The molecule has 4 nitrogen and oxygen atoms in total. The van der Waals surface area contributed by atoms with Gasteiger partial charge in [0.05, 0.1) is 0 Å². The highest BCUT2D eigenvalue weighted by Gasteiger charge is 2.31. The number of nitrogens with one attached hydrogen (secondary N) is 1. The summed E-state index contributed by atoms with van der Waals surface area (Å²) in [6.45, 7) is 15.8. The smallest absolute Gasteiger partial charge is 0.119 e.